The number of hydrogen-bond donors (Lipinski definition) is 2. The van der Waals surface area contributed by atoms with Crippen molar-refractivity contribution >= 4 is 5.69 Å². The Morgan fingerprint density at radius 2 is 1.28 bits per heavy atom. The maximum absolute atomic E-state index is 6.14. The molecule has 1 aromatic carbocycles. The molecule has 32 heavy (non-hydrogen) atoms. The summed E-state index contributed by atoms with van der Waals surface area (Å²) in [6, 6.07) is 10.4. The Morgan fingerprint density at radius 1 is 0.688 bits per heavy atom. The number of anilines is 1. The number of ether oxygens (including phenoxy) is 3. The van der Waals surface area contributed by atoms with Crippen molar-refractivity contribution in [1.29, 1.82) is 0 Å². The second-order valence-electron chi connectivity index (χ2n) is 8.34. The van der Waals surface area contributed by atoms with Gasteiger partial charge in [0.2, 0.25) is 0 Å². The molecule has 2 N–H and O–H groups in total. The summed E-state index contributed by atoms with van der Waals surface area (Å²) in [5.74, 6) is -0.658. The molecule has 0 heterocycles. The van der Waals surface area contributed by atoms with Crippen molar-refractivity contribution < 1.29 is 14.2 Å². The number of hydrogen-bond acceptors (Lipinski definition) is 5. The lowest BCUT2D eigenvalue weighted by molar-refractivity contribution is -0.403. The highest BCUT2D eigenvalue weighted by Gasteiger charge is 2.41. The van der Waals surface area contributed by atoms with Crippen LogP contribution in [0.2, 0.25) is 0 Å². The SMILES string of the molecule is CCCCCCCCC(CCCNCCNc1ccccc1)C(OCC)(OCC)OCC. The highest BCUT2D eigenvalue weighted by Crippen LogP contribution is 2.34. The quantitative estimate of drug-likeness (QED) is 0.154. The van der Waals surface area contributed by atoms with E-state index < -0.39 is 5.97 Å². The number of unbranched alkanes of at least 4 members (excludes halogenated alkanes) is 5. The van der Waals surface area contributed by atoms with Gasteiger partial charge in [0.25, 0.3) is 5.97 Å². The minimum Gasteiger partial charge on any atom is -0.384 e. The topological polar surface area (TPSA) is 51.8 Å². The van der Waals surface area contributed by atoms with E-state index in [4.69, 9.17) is 14.2 Å². The van der Waals surface area contributed by atoms with Gasteiger partial charge in [-0.1, -0.05) is 63.6 Å². The van der Waals surface area contributed by atoms with Crippen molar-refractivity contribution in [2.45, 2.75) is 91.5 Å². The lowest BCUT2D eigenvalue weighted by Gasteiger charge is -2.39. The average molecular weight is 451 g/mol. The molecule has 0 bridgehead atoms. The van der Waals surface area contributed by atoms with Crippen molar-refractivity contribution in [3.05, 3.63) is 30.3 Å². The van der Waals surface area contributed by atoms with Crippen LogP contribution in [-0.2, 0) is 14.2 Å². The maximum atomic E-state index is 6.14. The summed E-state index contributed by atoms with van der Waals surface area (Å²) in [7, 11) is 0. The van der Waals surface area contributed by atoms with Gasteiger partial charge in [0.15, 0.2) is 0 Å². The Kier molecular flexibility index (Phi) is 17.5. The standard InChI is InChI=1S/C27H50N2O3/c1-5-9-10-11-12-14-18-25(27(30-6-2,31-7-3)32-8-4)19-17-22-28-23-24-29-26-20-15-13-16-21-26/h13,15-16,20-21,25,28-29H,5-12,14,17-19,22-24H2,1-4H3. The highest BCUT2D eigenvalue weighted by molar-refractivity contribution is 5.42. The van der Waals surface area contributed by atoms with Gasteiger partial charge in [-0.3, -0.25) is 0 Å². The first-order chi connectivity index (χ1) is 15.7. The molecule has 5 nitrogen and oxygen atoms in total. The lowest BCUT2D eigenvalue weighted by atomic mass is 9.92. The minimum absolute atomic E-state index is 0.248. The van der Waals surface area contributed by atoms with Crippen molar-refractivity contribution in [1.82, 2.24) is 5.32 Å². The van der Waals surface area contributed by atoms with E-state index in [1.165, 1.54) is 44.2 Å². The smallest absolute Gasteiger partial charge is 0.285 e. The number of rotatable bonds is 22. The van der Waals surface area contributed by atoms with E-state index in [-0.39, 0.29) is 5.92 Å². The van der Waals surface area contributed by atoms with Crippen molar-refractivity contribution in [2.75, 3.05) is 44.8 Å². The maximum Gasteiger partial charge on any atom is 0.285 e. The molecule has 0 aliphatic heterocycles. The summed E-state index contributed by atoms with van der Waals surface area (Å²) in [6.07, 6.45) is 11.0. The molecule has 0 aliphatic carbocycles. The van der Waals surface area contributed by atoms with E-state index in [0.717, 1.165) is 38.9 Å². The van der Waals surface area contributed by atoms with E-state index in [1.54, 1.807) is 0 Å². The van der Waals surface area contributed by atoms with Crippen LogP contribution < -0.4 is 10.6 Å². The van der Waals surface area contributed by atoms with E-state index in [9.17, 15) is 0 Å². The van der Waals surface area contributed by atoms with Gasteiger partial charge in [-0.05, 0) is 58.7 Å². The second-order valence-corrected chi connectivity index (χ2v) is 8.34. The van der Waals surface area contributed by atoms with Gasteiger partial charge in [-0.15, -0.1) is 0 Å². The molecule has 1 atom stereocenters. The molecule has 186 valence electrons. The summed E-state index contributed by atoms with van der Waals surface area (Å²) in [6.45, 7) is 13.0. The van der Waals surface area contributed by atoms with E-state index in [1.807, 2.05) is 26.8 Å². The zero-order chi connectivity index (χ0) is 23.3. The van der Waals surface area contributed by atoms with Gasteiger partial charge in [0, 0.05) is 44.5 Å². The predicted octanol–water partition coefficient (Wildman–Crippen LogP) is 6.60. The Balaban J connectivity index is 2.49. The molecule has 0 aliphatic rings. The third-order valence-corrected chi connectivity index (χ3v) is 5.75. The summed E-state index contributed by atoms with van der Waals surface area (Å²) < 4.78 is 18.4. The van der Waals surface area contributed by atoms with Crippen LogP contribution in [-0.4, -0.2) is 45.4 Å². The Bertz CT molecular complexity index is 510. The van der Waals surface area contributed by atoms with Gasteiger partial charge in [0.1, 0.15) is 0 Å². The molecule has 5 heteroatoms. The van der Waals surface area contributed by atoms with E-state index >= 15 is 0 Å². The molecular weight excluding hydrogens is 400 g/mol. The van der Waals surface area contributed by atoms with Crippen LogP contribution in [0.1, 0.15) is 85.5 Å². The number of para-hydroxylation sites is 1. The van der Waals surface area contributed by atoms with Crippen molar-refractivity contribution in [2.24, 2.45) is 5.92 Å². The fraction of sp³-hybridized carbons (Fsp3) is 0.778. The molecule has 0 amide bonds. The van der Waals surface area contributed by atoms with Gasteiger partial charge in [-0.2, -0.15) is 0 Å². The molecule has 0 fully saturated rings. The molecule has 0 saturated heterocycles. The minimum atomic E-state index is -0.906. The molecule has 0 saturated carbocycles. The van der Waals surface area contributed by atoms with Crippen molar-refractivity contribution in [3.63, 3.8) is 0 Å². The normalized spacial score (nSPS) is 12.8. The molecule has 1 aromatic rings. The Hall–Kier alpha value is -1.14. The largest absolute Gasteiger partial charge is 0.384 e. The fourth-order valence-electron chi connectivity index (χ4n) is 4.20. The van der Waals surface area contributed by atoms with Crippen LogP contribution in [0.3, 0.4) is 0 Å². The first kappa shape index (κ1) is 28.9. The van der Waals surface area contributed by atoms with Crippen LogP contribution in [0, 0.1) is 5.92 Å². The van der Waals surface area contributed by atoms with Gasteiger partial charge >= 0.3 is 0 Å². The first-order valence-corrected chi connectivity index (χ1v) is 13.1. The van der Waals surface area contributed by atoms with Crippen LogP contribution in [0.4, 0.5) is 5.69 Å². The molecule has 0 aromatic heterocycles. The number of benzene rings is 1. The Morgan fingerprint density at radius 3 is 1.91 bits per heavy atom. The zero-order valence-electron chi connectivity index (χ0n) is 21.3. The molecule has 1 rings (SSSR count). The molecule has 1 unspecified atom stereocenters. The molecule has 0 spiro atoms. The summed E-state index contributed by atoms with van der Waals surface area (Å²) in [5, 5.41) is 7.01. The average Bonchev–Trinajstić information content (AvgIpc) is 2.80. The monoisotopic (exact) mass is 450 g/mol. The van der Waals surface area contributed by atoms with Crippen LogP contribution >= 0.6 is 0 Å². The third kappa shape index (κ3) is 12.2. The summed E-state index contributed by atoms with van der Waals surface area (Å²) in [5.41, 5.74) is 1.17. The predicted molar refractivity (Wildman–Crippen MR) is 136 cm³/mol. The van der Waals surface area contributed by atoms with Gasteiger partial charge < -0.3 is 24.8 Å². The first-order valence-electron chi connectivity index (χ1n) is 13.1. The molecular formula is C27H50N2O3. The highest BCUT2D eigenvalue weighted by atomic mass is 16.9. The van der Waals surface area contributed by atoms with Crippen LogP contribution in [0.5, 0.6) is 0 Å². The number of nitrogens with one attached hydrogen (secondary N) is 2. The van der Waals surface area contributed by atoms with Crippen LogP contribution in [0.25, 0.3) is 0 Å². The van der Waals surface area contributed by atoms with Gasteiger partial charge in [0.05, 0.1) is 0 Å². The fourth-order valence-corrected chi connectivity index (χ4v) is 4.20. The molecule has 0 radical (unpaired) electrons. The summed E-state index contributed by atoms with van der Waals surface area (Å²) >= 11 is 0. The van der Waals surface area contributed by atoms with E-state index in [0.29, 0.717) is 19.8 Å². The lowest BCUT2D eigenvalue weighted by Crippen LogP contribution is -2.47. The second kappa shape index (κ2) is 19.3. The van der Waals surface area contributed by atoms with Crippen molar-refractivity contribution in [3.8, 4) is 0 Å². The third-order valence-electron chi connectivity index (χ3n) is 5.75. The zero-order valence-corrected chi connectivity index (χ0v) is 21.3. The summed E-state index contributed by atoms with van der Waals surface area (Å²) in [4.78, 5) is 0. The Labute approximate surface area is 198 Å². The van der Waals surface area contributed by atoms with E-state index in [2.05, 4.69) is 41.8 Å². The van der Waals surface area contributed by atoms with Crippen LogP contribution in [0.15, 0.2) is 30.3 Å². The van der Waals surface area contributed by atoms with Gasteiger partial charge in [-0.25, -0.2) is 0 Å².